The van der Waals surface area contributed by atoms with Crippen LogP contribution in [-0.2, 0) is 15.7 Å². The van der Waals surface area contributed by atoms with Gasteiger partial charge in [0.05, 0.1) is 12.2 Å². The number of ether oxygens (including phenoxy) is 1. The van der Waals surface area contributed by atoms with Gasteiger partial charge in [0, 0.05) is 0 Å². The van der Waals surface area contributed by atoms with Gasteiger partial charge in [-0.3, -0.25) is 0 Å². The van der Waals surface area contributed by atoms with Crippen LogP contribution in [-0.4, -0.2) is 12.6 Å². The van der Waals surface area contributed by atoms with Crippen LogP contribution in [0.5, 0.6) is 0 Å². The van der Waals surface area contributed by atoms with E-state index in [0.717, 1.165) is 12.1 Å². The van der Waals surface area contributed by atoms with Crippen molar-refractivity contribution >= 4 is 12.0 Å². The minimum Gasteiger partial charge on any atom is -0.462 e. The molecule has 0 aliphatic carbocycles. The summed E-state index contributed by atoms with van der Waals surface area (Å²) in [5.74, 6) is -0.801. The maximum Gasteiger partial charge on any atom is 0.416 e. The maximum absolute atomic E-state index is 12.3. The highest BCUT2D eigenvalue weighted by Crippen LogP contribution is 2.29. The number of carbonyl (C=O) groups is 1. The molecule has 0 amide bonds. The van der Waals surface area contributed by atoms with Crippen LogP contribution in [0.1, 0.15) is 18.1 Å². The number of benzene rings is 1. The van der Waals surface area contributed by atoms with Crippen LogP contribution < -0.4 is 0 Å². The molecule has 0 saturated carbocycles. The van der Waals surface area contributed by atoms with Crippen LogP contribution in [0.25, 0.3) is 6.08 Å². The second kappa shape index (κ2) is 6.05. The van der Waals surface area contributed by atoms with Gasteiger partial charge in [0.2, 0.25) is 0 Å². The Morgan fingerprint density at radius 1 is 1.37 bits per heavy atom. The molecule has 100 valence electrons. The van der Waals surface area contributed by atoms with Crippen LogP contribution in [0.4, 0.5) is 13.2 Å². The van der Waals surface area contributed by atoms with E-state index in [0.29, 0.717) is 5.56 Å². The van der Waals surface area contributed by atoms with Gasteiger partial charge in [0.15, 0.2) is 0 Å². The summed E-state index contributed by atoms with van der Waals surface area (Å²) in [4.78, 5) is 11.3. The van der Waals surface area contributed by atoms with Crippen molar-refractivity contribution in [1.29, 1.82) is 5.26 Å². The Hall–Kier alpha value is -2.29. The largest absolute Gasteiger partial charge is 0.462 e. The van der Waals surface area contributed by atoms with E-state index >= 15 is 0 Å². The van der Waals surface area contributed by atoms with Gasteiger partial charge >= 0.3 is 12.1 Å². The van der Waals surface area contributed by atoms with E-state index in [2.05, 4.69) is 4.74 Å². The van der Waals surface area contributed by atoms with E-state index in [9.17, 15) is 18.0 Å². The average Bonchev–Trinajstić information content (AvgIpc) is 2.35. The Morgan fingerprint density at radius 2 is 1.95 bits per heavy atom. The fourth-order valence-electron chi connectivity index (χ4n) is 1.28. The molecule has 6 heteroatoms. The van der Waals surface area contributed by atoms with Crippen molar-refractivity contribution in [3.63, 3.8) is 0 Å². The standard InChI is InChI=1S/C13H10F3NO2/c1-2-19-12(18)10(8-17)7-9-3-5-11(6-4-9)13(14,15)16/h3-7H,2H2,1H3. The summed E-state index contributed by atoms with van der Waals surface area (Å²) < 4.78 is 41.6. The molecule has 0 aliphatic rings. The monoisotopic (exact) mass is 269 g/mol. The number of alkyl halides is 3. The quantitative estimate of drug-likeness (QED) is 0.481. The summed E-state index contributed by atoms with van der Waals surface area (Å²) in [6.07, 6.45) is -3.24. The lowest BCUT2D eigenvalue weighted by atomic mass is 10.1. The van der Waals surface area contributed by atoms with E-state index in [-0.39, 0.29) is 12.2 Å². The molecule has 1 rings (SSSR count). The smallest absolute Gasteiger partial charge is 0.416 e. The predicted molar refractivity (Wildman–Crippen MR) is 61.7 cm³/mol. The zero-order valence-electron chi connectivity index (χ0n) is 9.99. The number of esters is 1. The molecule has 0 N–H and O–H groups in total. The number of carbonyl (C=O) groups excluding carboxylic acids is 1. The molecule has 3 nitrogen and oxygen atoms in total. The number of rotatable bonds is 3. The molecule has 0 aromatic heterocycles. The molecular weight excluding hydrogens is 259 g/mol. The van der Waals surface area contributed by atoms with E-state index in [1.165, 1.54) is 18.2 Å². The van der Waals surface area contributed by atoms with E-state index in [1.54, 1.807) is 13.0 Å². The van der Waals surface area contributed by atoms with Crippen LogP contribution >= 0.6 is 0 Å². The maximum atomic E-state index is 12.3. The van der Waals surface area contributed by atoms with Crippen molar-refractivity contribution < 1.29 is 22.7 Å². The van der Waals surface area contributed by atoms with Gasteiger partial charge in [-0.1, -0.05) is 12.1 Å². The van der Waals surface area contributed by atoms with Crippen molar-refractivity contribution in [2.45, 2.75) is 13.1 Å². The highest BCUT2D eigenvalue weighted by Gasteiger charge is 2.29. The highest BCUT2D eigenvalue weighted by molar-refractivity contribution is 5.97. The minimum absolute atomic E-state index is 0.116. The molecular formula is C13H10F3NO2. The first kappa shape index (κ1) is 14.8. The zero-order valence-corrected chi connectivity index (χ0v) is 9.99. The first-order valence-electron chi connectivity index (χ1n) is 5.34. The molecule has 19 heavy (non-hydrogen) atoms. The van der Waals surface area contributed by atoms with Crippen molar-refractivity contribution in [3.8, 4) is 6.07 Å². The molecule has 0 radical (unpaired) electrons. The highest BCUT2D eigenvalue weighted by atomic mass is 19.4. The normalized spacial score (nSPS) is 11.8. The Kier molecular flexibility index (Phi) is 4.70. The van der Waals surface area contributed by atoms with Crippen molar-refractivity contribution in [1.82, 2.24) is 0 Å². The number of hydrogen-bond acceptors (Lipinski definition) is 3. The molecule has 0 aliphatic heterocycles. The van der Waals surface area contributed by atoms with Gasteiger partial charge < -0.3 is 4.74 Å². The van der Waals surface area contributed by atoms with Crippen LogP contribution in [0.15, 0.2) is 29.8 Å². The number of nitriles is 1. The molecule has 0 saturated heterocycles. The third-order valence-electron chi connectivity index (χ3n) is 2.16. The average molecular weight is 269 g/mol. The Bertz CT molecular complexity index is 524. The van der Waals surface area contributed by atoms with E-state index in [4.69, 9.17) is 5.26 Å². The second-order valence-corrected chi connectivity index (χ2v) is 3.51. The van der Waals surface area contributed by atoms with E-state index < -0.39 is 17.7 Å². The molecule has 1 aromatic carbocycles. The predicted octanol–water partition coefficient (Wildman–Crippen LogP) is 3.18. The number of hydrogen-bond donors (Lipinski definition) is 0. The Morgan fingerprint density at radius 3 is 2.37 bits per heavy atom. The molecule has 0 bridgehead atoms. The van der Waals surface area contributed by atoms with Gasteiger partial charge in [-0.15, -0.1) is 0 Å². The molecule has 0 heterocycles. The van der Waals surface area contributed by atoms with Crippen molar-refractivity contribution in [2.24, 2.45) is 0 Å². The van der Waals surface area contributed by atoms with Gasteiger partial charge in [0.25, 0.3) is 0 Å². The fraction of sp³-hybridized carbons (Fsp3) is 0.231. The Balaban J connectivity index is 2.98. The first-order valence-corrected chi connectivity index (χ1v) is 5.34. The fourth-order valence-corrected chi connectivity index (χ4v) is 1.28. The topological polar surface area (TPSA) is 50.1 Å². The first-order chi connectivity index (χ1) is 8.88. The summed E-state index contributed by atoms with van der Waals surface area (Å²) >= 11 is 0. The van der Waals surface area contributed by atoms with Crippen LogP contribution in [0.2, 0.25) is 0 Å². The van der Waals surface area contributed by atoms with E-state index in [1.807, 2.05) is 0 Å². The third kappa shape index (κ3) is 4.14. The molecule has 0 spiro atoms. The summed E-state index contributed by atoms with van der Waals surface area (Å²) in [6.45, 7) is 1.70. The van der Waals surface area contributed by atoms with Gasteiger partial charge in [-0.25, -0.2) is 4.79 Å². The van der Waals surface area contributed by atoms with Crippen LogP contribution in [0, 0.1) is 11.3 Å². The molecule has 0 unspecified atom stereocenters. The van der Waals surface area contributed by atoms with Gasteiger partial charge in [0.1, 0.15) is 11.6 Å². The van der Waals surface area contributed by atoms with Crippen LogP contribution in [0.3, 0.4) is 0 Å². The lowest BCUT2D eigenvalue weighted by Gasteiger charge is -2.06. The van der Waals surface area contributed by atoms with Gasteiger partial charge in [-0.05, 0) is 30.7 Å². The summed E-state index contributed by atoms with van der Waals surface area (Å²) in [7, 11) is 0. The Labute approximate surface area is 107 Å². The molecule has 0 fully saturated rings. The van der Waals surface area contributed by atoms with Gasteiger partial charge in [-0.2, -0.15) is 18.4 Å². The second-order valence-electron chi connectivity index (χ2n) is 3.51. The zero-order chi connectivity index (χ0) is 14.5. The lowest BCUT2D eigenvalue weighted by molar-refractivity contribution is -0.138. The molecule has 0 atom stereocenters. The number of nitrogens with zero attached hydrogens (tertiary/aromatic N) is 1. The lowest BCUT2D eigenvalue weighted by Crippen LogP contribution is -2.06. The van der Waals surface area contributed by atoms with Crippen molar-refractivity contribution in [2.75, 3.05) is 6.61 Å². The SMILES string of the molecule is CCOC(=O)C(C#N)=Cc1ccc(C(F)(F)F)cc1. The minimum atomic E-state index is -4.42. The molecule has 1 aromatic rings. The third-order valence-corrected chi connectivity index (χ3v) is 2.16. The summed E-state index contributed by atoms with van der Waals surface area (Å²) in [6, 6.07) is 5.77. The van der Waals surface area contributed by atoms with Crippen molar-refractivity contribution in [3.05, 3.63) is 41.0 Å². The summed E-state index contributed by atoms with van der Waals surface area (Å²) in [5.41, 5.74) is -0.737. The number of halogens is 3. The summed E-state index contributed by atoms with van der Waals surface area (Å²) in [5, 5.41) is 8.77.